The average molecular weight is 379 g/mol. The average Bonchev–Trinajstić information content (AvgIpc) is 3.43. The van der Waals surface area contributed by atoms with Gasteiger partial charge in [-0.2, -0.15) is 0 Å². The maximum atomic E-state index is 13.4. The molecule has 136 valence electrons. The molecule has 0 aliphatic carbocycles. The van der Waals surface area contributed by atoms with Crippen molar-refractivity contribution in [1.82, 2.24) is 4.90 Å². The van der Waals surface area contributed by atoms with Gasteiger partial charge in [0, 0.05) is 12.1 Å². The highest BCUT2D eigenvalue weighted by Crippen LogP contribution is 2.54. The van der Waals surface area contributed by atoms with Gasteiger partial charge in [0.15, 0.2) is 11.6 Å². The van der Waals surface area contributed by atoms with E-state index in [1.807, 2.05) is 41.9 Å². The van der Waals surface area contributed by atoms with Crippen molar-refractivity contribution in [3.05, 3.63) is 64.0 Å². The van der Waals surface area contributed by atoms with Gasteiger partial charge in [-0.15, -0.1) is 11.3 Å². The second-order valence-electron chi connectivity index (χ2n) is 7.47. The lowest BCUT2D eigenvalue weighted by molar-refractivity contribution is -0.164. The van der Waals surface area contributed by atoms with E-state index in [9.17, 15) is 9.59 Å². The summed E-state index contributed by atoms with van der Waals surface area (Å²) in [5, 5.41) is 1.91. The van der Waals surface area contributed by atoms with Crippen molar-refractivity contribution in [2.75, 3.05) is 6.61 Å². The molecule has 0 N–H and O–H groups in total. The molecule has 0 spiro atoms. The minimum atomic E-state index is -0.785. The van der Waals surface area contributed by atoms with E-state index in [1.165, 1.54) is 11.3 Å². The maximum absolute atomic E-state index is 13.4. The predicted octanol–water partition coefficient (Wildman–Crippen LogP) is 2.90. The van der Waals surface area contributed by atoms with Crippen molar-refractivity contribution in [1.29, 1.82) is 0 Å². The molecule has 5 nitrogen and oxygen atoms in total. The summed E-state index contributed by atoms with van der Waals surface area (Å²) in [5.41, 5.74) is 2.21. The Morgan fingerprint density at radius 2 is 2.07 bits per heavy atom. The number of carbonyl (C=O) groups is 2. The summed E-state index contributed by atoms with van der Waals surface area (Å²) in [5.74, 6) is -0.466. The number of Topliss-reactive ketones (excluding diaryl/α,β-unsaturated/α-hetero) is 2. The fraction of sp³-hybridized carbons (Fsp3) is 0.333. The van der Waals surface area contributed by atoms with Crippen molar-refractivity contribution in [2.24, 2.45) is 11.8 Å². The first-order valence-electron chi connectivity index (χ1n) is 9.17. The fourth-order valence-electron chi connectivity index (χ4n) is 5.18. The highest BCUT2D eigenvalue weighted by atomic mass is 32.1. The quantitative estimate of drug-likeness (QED) is 0.751. The van der Waals surface area contributed by atoms with E-state index in [0.717, 1.165) is 16.0 Å². The van der Waals surface area contributed by atoms with Gasteiger partial charge in [0.1, 0.15) is 0 Å². The number of benzene rings is 1. The lowest BCUT2D eigenvalue weighted by Gasteiger charge is -2.34. The molecule has 5 heterocycles. The van der Waals surface area contributed by atoms with E-state index in [0.29, 0.717) is 6.61 Å². The number of fused-ring (bicyclic) bond motifs is 8. The molecule has 2 aromatic rings. The molecule has 1 aromatic carbocycles. The van der Waals surface area contributed by atoms with Crippen molar-refractivity contribution in [2.45, 2.75) is 24.5 Å². The molecule has 0 saturated carbocycles. The molecular weight excluding hydrogens is 362 g/mol. The molecule has 0 radical (unpaired) electrons. The Kier molecular flexibility index (Phi) is 3.27. The largest absolute Gasteiger partial charge is 0.359 e. The van der Waals surface area contributed by atoms with Crippen molar-refractivity contribution < 1.29 is 19.1 Å². The molecule has 4 aliphatic rings. The molecule has 3 saturated heterocycles. The van der Waals surface area contributed by atoms with Crippen molar-refractivity contribution in [3.8, 4) is 0 Å². The van der Waals surface area contributed by atoms with Gasteiger partial charge in [-0.1, -0.05) is 30.3 Å². The summed E-state index contributed by atoms with van der Waals surface area (Å²) in [6, 6.07) is 11.3. The Balaban J connectivity index is 1.53. The van der Waals surface area contributed by atoms with Crippen LogP contribution in [-0.2, 0) is 14.3 Å². The van der Waals surface area contributed by atoms with Crippen LogP contribution in [0, 0.1) is 11.8 Å². The number of carbonyl (C=O) groups excluding carboxylic acids is 2. The minimum Gasteiger partial charge on any atom is -0.359 e. The van der Waals surface area contributed by atoms with Crippen LogP contribution in [0.1, 0.15) is 26.8 Å². The zero-order valence-corrected chi connectivity index (χ0v) is 15.2. The summed E-state index contributed by atoms with van der Waals surface area (Å²) < 4.78 is 11.4. The molecule has 6 rings (SSSR count). The van der Waals surface area contributed by atoms with Gasteiger partial charge >= 0.3 is 0 Å². The lowest BCUT2D eigenvalue weighted by Crippen LogP contribution is -2.47. The molecule has 2 unspecified atom stereocenters. The van der Waals surface area contributed by atoms with Crippen LogP contribution in [-0.4, -0.2) is 41.5 Å². The maximum Gasteiger partial charge on any atom is 0.218 e. The number of nitrogens with zero attached hydrogens (tertiary/aromatic N) is 1. The molecule has 1 aromatic heterocycles. The third kappa shape index (κ3) is 2.06. The van der Waals surface area contributed by atoms with Gasteiger partial charge in [0.25, 0.3) is 0 Å². The number of hydrogen-bond acceptors (Lipinski definition) is 6. The van der Waals surface area contributed by atoms with Crippen LogP contribution in [0.3, 0.4) is 0 Å². The highest BCUT2D eigenvalue weighted by Gasteiger charge is 2.63. The number of rotatable bonds is 2. The van der Waals surface area contributed by atoms with Gasteiger partial charge in [-0.3, -0.25) is 9.59 Å². The Bertz CT molecular complexity index is 968. The third-order valence-corrected chi connectivity index (χ3v) is 7.12. The lowest BCUT2D eigenvalue weighted by atomic mass is 9.76. The van der Waals surface area contributed by atoms with Crippen LogP contribution in [0.25, 0.3) is 6.08 Å². The summed E-state index contributed by atoms with van der Waals surface area (Å²) in [6.07, 6.45) is 3.02. The molecule has 6 atom stereocenters. The molecule has 2 bridgehead atoms. The SMILES string of the molecule is O=C1C2OCC(O2)[C@@H]2[C@@H]1[C@@H]1c3ccccc3C=CN1[C@H]2C(=O)c1cccs1. The minimum absolute atomic E-state index is 0.0321. The molecule has 27 heavy (non-hydrogen) atoms. The second-order valence-corrected chi connectivity index (χ2v) is 8.42. The van der Waals surface area contributed by atoms with Gasteiger partial charge in [0.2, 0.25) is 6.29 Å². The normalized spacial score (nSPS) is 35.7. The Hall–Kier alpha value is -2.28. The molecule has 0 amide bonds. The first-order chi connectivity index (χ1) is 13.2. The first kappa shape index (κ1) is 15.7. The van der Waals surface area contributed by atoms with Gasteiger partial charge in [0.05, 0.1) is 35.6 Å². The Labute approximate surface area is 160 Å². The van der Waals surface area contributed by atoms with Gasteiger partial charge < -0.3 is 14.4 Å². The van der Waals surface area contributed by atoms with E-state index in [4.69, 9.17) is 9.47 Å². The highest BCUT2D eigenvalue weighted by molar-refractivity contribution is 7.12. The van der Waals surface area contributed by atoms with Crippen LogP contribution >= 0.6 is 11.3 Å². The van der Waals surface area contributed by atoms with Crippen molar-refractivity contribution in [3.63, 3.8) is 0 Å². The Morgan fingerprint density at radius 1 is 1.19 bits per heavy atom. The van der Waals surface area contributed by atoms with Crippen LogP contribution in [0.2, 0.25) is 0 Å². The second kappa shape index (κ2) is 5.61. The molecule has 4 aliphatic heterocycles. The number of ether oxygens (including phenoxy) is 2. The van der Waals surface area contributed by atoms with Crippen LogP contribution in [0.15, 0.2) is 48.0 Å². The predicted molar refractivity (Wildman–Crippen MR) is 99.1 cm³/mol. The molecule has 6 heteroatoms. The zero-order valence-electron chi connectivity index (χ0n) is 14.4. The standard InChI is InChI=1S/C21H17NO4S/c23-19(14-6-3-9-27-14)18-15-13-10-25-21(26-13)20(24)16(15)17-12-5-2-1-4-11(12)7-8-22(17)18/h1-9,13,15-18,21H,10H2/t13?,15-,16-,17+,18-,21?/m1/s1. The first-order valence-corrected chi connectivity index (χ1v) is 10.0. The van der Waals surface area contributed by atoms with E-state index < -0.39 is 12.3 Å². The Morgan fingerprint density at radius 3 is 2.93 bits per heavy atom. The fourth-order valence-corrected chi connectivity index (χ4v) is 5.88. The third-order valence-electron chi connectivity index (χ3n) is 6.24. The number of thiophene rings is 1. The monoisotopic (exact) mass is 379 g/mol. The van der Waals surface area contributed by atoms with E-state index in [1.54, 1.807) is 0 Å². The summed E-state index contributed by atoms with van der Waals surface area (Å²) in [4.78, 5) is 29.4. The van der Waals surface area contributed by atoms with E-state index in [-0.39, 0.29) is 35.5 Å². The summed E-state index contributed by atoms with van der Waals surface area (Å²) in [7, 11) is 0. The number of hydrogen-bond donors (Lipinski definition) is 0. The van der Waals surface area contributed by atoms with E-state index in [2.05, 4.69) is 17.0 Å². The summed E-state index contributed by atoms with van der Waals surface area (Å²) in [6.45, 7) is 0.373. The van der Waals surface area contributed by atoms with Crippen LogP contribution < -0.4 is 0 Å². The zero-order chi connectivity index (χ0) is 18.1. The molecule has 3 fully saturated rings. The van der Waals surface area contributed by atoms with Crippen molar-refractivity contribution >= 4 is 29.0 Å². The summed E-state index contributed by atoms with van der Waals surface area (Å²) >= 11 is 1.44. The molecular formula is C21H17NO4S. The topological polar surface area (TPSA) is 55.8 Å². The smallest absolute Gasteiger partial charge is 0.218 e. The van der Waals surface area contributed by atoms with Gasteiger partial charge in [-0.25, -0.2) is 0 Å². The number of ketones is 2. The van der Waals surface area contributed by atoms with Crippen LogP contribution in [0.5, 0.6) is 0 Å². The van der Waals surface area contributed by atoms with E-state index >= 15 is 0 Å². The van der Waals surface area contributed by atoms with Crippen LogP contribution in [0.4, 0.5) is 0 Å². The van der Waals surface area contributed by atoms with Gasteiger partial charge in [-0.05, 0) is 28.6 Å².